The minimum absolute atomic E-state index is 0. The fraction of sp³-hybridized carbons (Fsp3) is 0.360. The molecule has 4 rings (SSSR count). The number of fused-ring (bicyclic) bond motifs is 1. The number of halogens is 1. The Morgan fingerprint density at radius 2 is 2.06 bits per heavy atom. The summed E-state index contributed by atoms with van der Waals surface area (Å²) < 4.78 is 0. The molecule has 2 aliphatic rings. The Bertz CT molecular complexity index is 1070. The first kappa shape index (κ1) is 23.6. The van der Waals surface area contributed by atoms with Crippen LogP contribution in [0.25, 0.3) is 11.6 Å². The highest BCUT2D eigenvalue weighted by molar-refractivity contribution is 6.36. The molecule has 2 aromatic rings. The molecule has 1 aromatic heterocycles. The monoisotopic (exact) mass is 452 g/mol. The number of hydrogen-bond donors (Lipinski definition) is 3. The molecule has 0 radical (unpaired) electrons. The van der Waals surface area contributed by atoms with Crippen LogP contribution in [0.3, 0.4) is 0 Å². The molecular weight excluding hydrogens is 424 g/mol. The molecule has 1 saturated carbocycles. The highest BCUT2D eigenvalue weighted by Crippen LogP contribution is 2.40. The van der Waals surface area contributed by atoms with Crippen LogP contribution in [0.2, 0.25) is 0 Å². The third-order valence-electron chi connectivity index (χ3n) is 6.29. The van der Waals surface area contributed by atoms with Crippen LogP contribution >= 0.6 is 12.4 Å². The predicted molar refractivity (Wildman–Crippen MR) is 131 cm³/mol. The van der Waals surface area contributed by atoms with E-state index in [9.17, 15) is 9.59 Å². The highest BCUT2D eigenvalue weighted by atomic mass is 35.5. The Hall–Kier alpha value is -3.01. The average molecular weight is 453 g/mol. The lowest BCUT2D eigenvalue weighted by Crippen LogP contribution is -2.36. The van der Waals surface area contributed by atoms with Crippen molar-refractivity contribution < 1.29 is 9.59 Å². The first-order valence-electron chi connectivity index (χ1n) is 10.8. The summed E-state index contributed by atoms with van der Waals surface area (Å²) in [6, 6.07) is 7.65. The number of hydrogen-bond acceptors (Lipinski definition) is 3. The Morgan fingerprint density at radius 1 is 1.31 bits per heavy atom. The van der Waals surface area contributed by atoms with Crippen LogP contribution in [0.15, 0.2) is 30.5 Å². The lowest BCUT2D eigenvalue weighted by molar-refractivity contribution is -0.113. The maximum absolute atomic E-state index is 13.5. The minimum atomic E-state index is -0.241. The molecular formula is C25H29ClN4O2. The van der Waals surface area contributed by atoms with Crippen LogP contribution in [0.4, 0.5) is 5.69 Å². The molecule has 32 heavy (non-hydrogen) atoms. The number of H-pyrrole nitrogens is 1. The van der Waals surface area contributed by atoms with Gasteiger partial charge in [-0.3, -0.25) is 9.59 Å². The number of carbonyl (C=O) groups excluding carboxylic acids is 2. The van der Waals surface area contributed by atoms with Gasteiger partial charge < -0.3 is 20.9 Å². The second-order valence-electron chi connectivity index (χ2n) is 8.45. The number of terminal acetylenes is 1. The van der Waals surface area contributed by atoms with Gasteiger partial charge in [0.2, 0.25) is 0 Å². The lowest BCUT2D eigenvalue weighted by Gasteiger charge is -2.30. The second kappa shape index (κ2) is 10.1. The number of carbonyl (C=O) groups is 2. The zero-order chi connectivity index (χ0) is 22.0. The number of rotatable bonds is 5. The van der Waals surface area contributed by atoms with Crippen molar-refractivity contribution in [3.63, 3.8) is 0 Å². The number of nitrogens with zero attached hydrogens (tertiary/aromatic N) is 1. The molecule has 1 aliphatic heterocycles. The van der Waals surface area contributed by atoms with Gasteiger partial charge in [-0.1, -0.05) is 12.0 Å². The fourth-order valence-electron chi connectivity index (χ4n) is 4.44. The van der Waals surface area contributed by atoms with E-state index < -0.39 is 0 Å². The van der Waals surface area contributed by atoms with Crippen molar-refractivity contribution in [2.45, 2.75) is 38.6 Å². The summed E-state index contributed by atoms with van der Waals surface area (Å²) in [7, 11) is 0. The highest BCUT2D eigenvalue weighted by Gasteiger charge is 2.35. The number of anilines is 1. The molecule has 0 unspecified atom stereocenters. The summed E-state index contributed by atoms with van der Waals surface area (Å²) in [5.41, 5.74) is 10.8. The van der Waals surface area contributed by atoms with E-state index in [-0.39, 0.29) is 36.8 Å². The van der Waals surface area contributed by atoms with Gasteiger partial charge in [0.15, 0.2) is 0 Å². The molecule has 2 heterocycles. The van der Waals surface area contributed by atoms with Crippen LogP contribution in [0.5, 0.6) is 0 Å². The zero-order valence-corrected chi connectivity index (χ0v) is 19.0. The van der Waals surface area contributed by atoms with E-state index in [2.05, 4.69) is 16.2 Å². The van der Waals surface area contributed by atoms with Gasteiger partial charge in [-0.2, -0.15) is 0 Å². The largest absolute Gasteiger partial charge is 0.361 e. The van der Waals surface area contributed by atoms with Crippen LogP contribution in [0.1, 0.15) is 52.9 Å². The van der Waals surface area contributed by atoms with Gasteiger partial charge in [0.1, 0.15) is 0 Å². The van der Waals surface area contributed by atoms with Crippen molar-refractivity contribution >= 4 is 41.6 Å². The summed E-state index contributed by atoms with van der Waals surface area (Å²) in [5.74, 6) is 2.55. The van der Waals surface area contributed by atoms with Crippen molar-refractivity contribution in [1.29, 1.82) is 0 Å². The third kappa shape index (κ3) is 4.74. The molecule has 0 atom stereocenters. The number of nitrogens with two attached hydrogens (primary N) is 1. The van der Waals surface area contributed by atoms with Gasteiger partial charge >= 0.3 is 0 Å². The summed E-state index contributed by atoms with van der Waals surface area (Å²) in [5, 5.41) is 2.70. The van der Waals surface area contributed by atoms with Gasteiger partial charge in [0, 0.05) is 35.6 Å². The van der Waals surface area contributed by atoms with Gasteiger partial charge in [0.05, 0.1) is 17.8 Å². The van der Waals surface area contributed by atoms with Gasteiger partial charge in [-0.05, 0) is 68.4 Å². The van der Waals surface area contributed by atoms with Crippen LogP contribution in [-0.2, 0) is 4.79 Å². The predicted octanol–water partition coefficient (Wildman–Crippen LogP) is 3.51. The summed E-state index contributed by atoms with van der Waals surface area (Å²) in [4.78, 5) is 31.0. The molecule has 168 valence electrons. The summed E-state index contributed by atoms with van der Waals surface area (Å²) in [6.07, 6.45) is 13.0. The van der Waals surface area contributed by atoms with Crippen LogP contribution < -0.4 is 16.0 Å². The van der Waals surface area contributed by atoms with Gasteiger partial charge in [-0.25, -0.2) is 0 Å². The molecule has 2 amide bonds. The number of benzene rings is 1. The van der Waals surface area contributed by atoms with E-state index >= 15 is 0 Å². The lowest BCUT2D eigenvalue weighted by atomic mass is 9.86. The molecule has 4 N–H and O–H groups in total. The molecule has 7 heteroatoms. The zero-order valence-electron chi connectivity index (χ0n) is 18.2. The Labute approximate surface area is 195 Å². The molecule has 1 aromatic carbocycles. The number of aryl methyl sites for hydroxylation is 1. The van der Waals surface area contributed by atoms with E-state index in [1.54, 1.807) is 12.1 Å². The normalized spacial score (nSPS) is 21.1. The van der Waals surface area contributed by atoms with E-state index in [0.717, 1.165) is 48.2 Å². The van der Waals surface area contributed by atoms with E-state index in [0.29, 0.717) is 23.6 Å². The standard InChI is InChI=1S/C25H28N4O2.ClH/c1-3-11-28-24(30)18-6-9-20-21(14-22-16(2)10-12-27-22)25(31)29(23(20)13-18)15-17-4-7-19(26)8-5-17;/h1,6,9-10,12-14,17,19,27H,4-5,7-8,11,15,26H2,2H3,(H,28,30);1H/b21-14-;. The maximum Gasteiger partial charge on any atom is 0.259 e. The molecule has 0 spiro atoms. The average Bonchev–Trinajstić information content (AvgIpc) is 3.29. The molecule has 6 nitrogen and oxygen atoms in total. The Kier molecular flexibility index (Phi) is 7.44. The molecule has 0 bridgehead atoms. The number of amides is 2. The summed E-state index contributed by atoms with van der Waals surface area (Å²) >= 11 is 0. The Morgan fingerprint density at radius 3 is 2.72 bits per heavy atom. The first-order chi connectivity index (χ1) is 15.0. The number of aromatic nitrogens is 1. The van der Waals surface area contributed by atoms with Crippen molar-refractivity contribution in [2.24, 2.45) is 11.7 Å². The summed E-state index contributed by atoms with van der Waals surface area (Å²) in [6.45, 7) is 2.80. The van der Waals surface area contributed by atoms with Crippen LogP contribution in [-0.4, -0.2) is 35.9 Å². The SMILES string of the molecule is C#CCNC(=O)c1ccc2c(c1)N(CC1CCC(N)CC1)C(=O)/C2=C\c1[nH]ccc1C.Cl. The Balaban J connectivity index is 0.00000289. The number of nitrogens with one attached hydrogen (secondary N) is 2. The smallest absolute Gasteiger partial charge is 0.259 e. The van der Waals surface area contributed by atoms with Crippen molar-refractivity contribution in [2.75, 3.05) is 18.0 Å². The molecule has 1 aliphatic carbocycles. The van der Waals surface area contributed by atoms with Crippen molar-refractivity contribution in [3.8, 4) is 12.3 Å². The van der Waals surface area contributed by atoms with Gasteiger partial charge in [0.25, 0.3) is 11.8 Å². The molecule has 0 saturated heterocycles. The van der Waals surface area contributed by atoms with E-state index in [4.69, 9.17) is 12.2 Å². The minimum Gasteiger partial charge on any atom is -0.361 e. The topological polar surface area (TPSA) is 91.2 Å². The van der Waals surface area contributed by atoms with E-state index in [1.165, 1.54) is 0 Å². The van der Waals surface area contributed by atoms with Crippen LogP contribution in [0, 0.1) is 25.2 Å². The quantitative estimate of drug-likeness (QED) is 0.479. The van der Waals surface area contributed by atoms with E-state index in [1.807, 2.05) is 36.2 Å². The van der Waals surface area contributed by atoms with Crippen molar-refractivity contribution in [1.82, 2.24) is 10.3 Å². The third-order valence-corrected chi connectivity index (χ3v) is 6.29. The molecule has 1 fully saturated rings. The number of aromatic amines is 1. The fourth-order valence-corrected chi connectivity index (χ4v) is 4.44. The maximum atomic E-state index is 13.5. The second-order valence-corrected chi connectivity index (χ2v) is 8.45. The van der Waals surface area contributed by atoms with Crippen molar-refractivity contribution in [3.05, 3.63) is 52.8 Å². The first-order valence-corrected chi connectivity index (χ1v) is 10.8. The van der Waals surface area contributed by atoms with Gasteiger partial charge in [-0.15, -0.1) is 18.8 Å².